The molecule has 0 atom stereocenters. The monoisotopic (exact) mass is 207 g/mol. The van der Waals surface area contributed by atoms with E-state index in [4.69, 9.17) is 0 Å². The molecule has 2 heterocycles. The molecule has 0 spiro atoms. The molecule has 1 aliphatic heterocycles. The molecular formula is C10H13N3O2. The molecule has 2 rings (SSSR count). The highest BCUT2D eigenvalue weighted by Gasteiger charge is 2.25. The first-order valence-corrected chi connectivity index (χ1v) is 5.08. The summed E-state index contributed by atoms with van der Waals surface area (Å²) in [6, 6.07) is 0. The number of H-pyrrole nitrogens is 1. The average Bonchev–Trinajstić information content (AvgIpc) is 2.70. The molecule has 1 aromatic heterocycles. The summed E-state index contributed by atoms with van der Waals surface area (Å²) in [6.07, 6.45) is 5.85. The van der Waals surface area contributed by atoms with Crippen molar-refractivity contribution in [3.05, 3.63) is 18.0 Å². The SMILES string of the molecule is O=C1CCCC(=O)N1CCc1cn[nH]c1. The highest BCUT2D eigenvalue weighted by Crippen LogP contribution is 2.12. The Morgan fingerprint density at radius 3 is 2.67 bits per heavy atom. The van der Waals surface area contributed by atoms with Gasteiger partial charge in [0.25, 0.3) is 0 Å². The Bertz CT molecular complexity index is 343. The summed E-state index contributed by atoms with van der Waals surface area (Å²) in [4.78, 5) is 24.2. The van der Waals surface area contributed by atoms with E-state index in [1.54, 1.807) is 12.4 Å². The number of hydrogen-bond donors (Lipinski definition) is 1. The van der Waals surface area contributed by atoms with Crippen molar-refractivity contribution in [3.63, 3.8) is 0 Å². The third-order valence-electron chi connectivity index (χ3n) is 2.56. The number of aromatic amines is 1. The number of amides is 2. The Hall–Kier alpha value is -1.65. The summed E-state index contributed by atoms with van der Waals surface area (Å²) in [5, 5.41) is 6.51. The molecule has 0 bridgehead atoms. The number of aromatic nitrogens is 2. The molecule has 1 aliphatic rings. The molecule has 15 heavy (non-hydrogen) atoms. The maximum atomic E-state index is 11.4. The van der Waals surface area contributed by atoms with Crippen LogP contribution in [0.15, 0.2) is 12.4 Å². The van der Waals surface area contributed by atoms with Crippen molar-refractivity contribution in [2.24, 2.45) is 0 Å². The average molecular weight is 207 g/mol. The fourth-order valence-corrected chi connectivity index (χ4v) is 1.70. The molecule has 1 aromatic rings. The summed E-state index contributed by atoms with van der Waals surface area (Å²) in [7, 11) is 0. The summed E-state index contributed by atoms with van der Waals surface area (Å²) in [5.41, 5.74) is 1.01. The molecule has 80 valence electrons. The molecule has 5 nitrogen and oxygen atoms in total. The molecular weight excluding hydrogens is 194 g/mol. The summed E-state index contributed by atoms with van der Waals surface area (Å²) < 4.78 is 0. The zero-order valence-electron chi connectivity index (χ0n) is 8.40. The Morgan fingerprint density at radius 2 is 2.07 bits per heavy atom. The van der Waals surface area contributed by atoms with Crippen molar-refractivity contribution in [3.8, 4) is 0 Å². The van der Waals surface area contributed by atoms with Gasteiger partial charge >= 0.3 is 0 Å². The number of nitrogens with zero attached hydrogens (tertiary/aromatic N) is 2. The van der Waals surface area contributed by atoms with Crippen molar-refractivity contribution in [1.82, 2.24) is 15.1 Å². The van der Waals surface area contributed by atoms with E-state index in [0.29, 0.717) is 32.2 Å². The van der Waals surface area contributed by atoms with E-state index in [9.17, 15) is 9.59 Å². The zero-order valence-corrected chi connectivity index (χ0v) is 8.40. The van der Waals surface area contributed by atoms with Gasteiger partial charge in [-0.3, -0.25) is 19.6 Å². The van der Waals surface area contributed by atoms with Gasteiger partial charge in [0.2, 0.25) is 11.8 Å². The van der Waals surface area contributed by atoms with Crippen molar-refractivity contribution < 1.29 is 9.59 Å². The van der Waals surface area contributed by atoms with Crippen LogP contribution in [0.1, 0.15) is 24.8 Å². The van der Waals surface area contributed by atoms with E-state index in [1.807, 2.05) is 0 Å². The smallest absolute Gasteiger partial charge is 0.229 e. The standard InChI is InChI=1S/C10H13N3O2/c14-9-2-1-3-10(15)13(9)5-4-8-6-11-12-7-8/h6-7H,1-5H2,(H,11,12). The van der Waals surface area contributed by atoms with Gasteiger partial charge in [-0.2, -0.15) is 5.10 Å². The Morgan fingerprint density at radius 1 is 1.33 bits per heavy atom. The highest BCUT2D eigenvalue weighted by atomic mass is 16.2. The summed E-state index contributed by atoms with van der Waals surface area (Å²) in [5.74, 6) is -0.0931. The topological polar surface area (TPSA) is 66.1 Å². The minimum absolute atomic E-state index is 0.0465. The first-order valence-electron chi connectivity index (χ1n) is 5.08. The van der Waals surface area contributed by atoms with Crippen LogP contribution in [-0.4, -0.2) is 33.5 Å². The number of rotatable bonds is 3. The van der Waals surface area contributed by atoms with E-state index in [-0.39, 0.29) is 11.8 Å². The quantitative estimate of drug-likeness (QED) is 0.733. The van der Waals surface area contributed by atoms with Crippen molar-refractivity contribution in [2.45, 2.75) is 25.7 Å². The maximum absolute atomic E-state index is 11.4. The van der Waals surface area contributed by atoms with E-state index in [2.05, 4.69) is 10.2 Å². The number of carbonyl (C=O) groups is 2. The first kappa shape index (κ1) is 9.89. The molecule has 0 aliphatic carbocycles. The van der Waals surface area contributed by atoms with E-state index < -0.39 is 0 Å². The van der Waals surface area contributed by atoms with Gasteiger partial charge in [0.1, 0.15) is 0 Å². The van der Waals surface area contributed by atoms with Crippen molar-refractivity contribution in [1.29, 1.82) is 0 Å². The molecule has 2 amide bonds. The van der Waals surface area contributed by atoms with Crippen molar-refractivity contribution in [2.75, 3.05) is 6.54 Å². The Labute approximate surface area is 87.5 Å². The lowest BCUT2D eigenvalue weighted by molar-refractivity contribution is -0.147. The van der Waals surface area contributed by atoms with Crippen LogP contribution in [0.5, 0.6) is 0 Å². The molecule has 1 fully saturated rings. The Balaban J connectivity index is 1.92. The van der Waals surface area contributed by atoms with Gasteiger partial charge in [0, 0.05) is 25.6 Å². The summed E-state index contributed by atoms with van der Waals surface area (Å²) in [6.45, 7) is 0.469. The third kappa shape index (κ3) is 2.23. The van der Waals surface area contributed by atoms with Gasteiger partial charge < -0.3 is 0 Å². The second kappa shape index (κ2) is 4.25. The second-order valence-corrected chi connectivity index (χ2v) is 3.65. The molecule has 0 unspecified atom stereocenters. The summed E-state index contributed by atoms with van der Waals surface area (Å²) >= 11 is 0. The van der Waals surface area contributed by atoms with E-state index >= 15 is 0 Å². The van der Waals surface area contributed by atoms with Crippen LogP contribution in [0.3, 0.4) is 0 Å². The molecule has 5 heteroatoms. The fourth-order valence-electron chi connectivity index (χ4n) is 1.70. The lowest BCUT2D eigenvalue weighted by atomic mass is 10.1. The zero-order chi connectivity index (χ0) is 10.7. The normalized spacial score (nSPS) is 17.2. The van der Waals surface area contributed by atoms with Crippen LogP contribution in [-0.2, 0) is 16.0 Å². The minimum atomic E-state index is -0.0465. The molecule has 0 radical (unpaired) electrons. The minimum Gasteiger partial charge on any atom is -0.285 e. The number of nitrogens with one attached hydrogen (secondary N) is 1. The number of piperidine rings is 1. The fraction of sp³-hybridized carbons (Fsp3) is 0.500. The van der Waals surface area contributed by atoms with E-state index in [0.717, 1.165) is 5.56 Å². The predicted octanol–water partition coefficient (Wildman–Crippen LogP) is 0.491. The number of likely N-dealkylation sites (tertiary alicyclic amines) is 1. The maximum Gasteiger partial charge on any atom is 0.229 e. The molecule has 1 N–H and O–H groups in total. The number of carbonyl (C=O) groups excluding carboxylic acids is 2. The predicted molar refractivity (Wildman–Crippen MR) is 52.9 cm³/mol. The second-order valence-electron chi connectivity index (χ2n) is 3.65. The van der Waals surface area contributed by atoms with Crippen LogP contribution in [0.2, 0.25) is 0 Å². The molecule has 0 saturated carbocycles. The van der Waals surface area contributed by atoms with Gasteiger partial charge in [-0.05, 0) is 18.4 Å². The number of hydrogen-bond acceptors (Lipinski definition) is 3. The highest BCUT2D eigenvalue weighted by molar-refractivity contribution is 5.97. The largest absolute Gasteiger partial charge is 0.285 e. The van der Waals surface area contributed by atoms with Gasteiger partial charge in [0.15, 0.2) is 0 Å². The van der Waals surface area contributed by atoms with Crippen molar-refractivity contribution >= 4 is 11.8 Å². The van der Waals surface area contributed by atoms with Crippen LogP contribution in [0.4, 0.5) is 0 Å². The van der Waals surface area contributed by atoms with Crippen LogP contribution in [0, 0.1) is 0 Å². The van der Waals surface area contributed by atoms with Crippen LogP contribution >= 0.6 is 0 Å². The van der Waals surface area contributed by atoms with Crippen LogP contribution in [0.25, 0.3) is 0 Å². The molecule has 0 aromatic carbocycles. The van der Waals surface area contributed by atoms with Crippen LogP contribution < -0.4 is 0 Å². The number of imide groups is 1. The lowest BCUT2D eigenvalue weighted by Gasteiger charge is -2.24. The van der Waals surface area contributed by atoms with Gasteiger partial charge in [-0.25, -0.2) is 0 Å². The lowest BCUT2D eigenvalue weighted by Crippen LogP contribution is -2.41. The Kier molecular flexibility index (Phi) is 2.80. The molecule has 1 saturated heterocycles. The van der Waals surface area contributed by atoms with Gasteiger partial charge in [-0.1, -0.05) is 0 Å². The van der Waals surface area contributed by atoms with Gasteiger partial charge in [0.05, 0.1) is 6.20 Å². The van der Waals surface area contributed by atoms with Gasteiger partial charge in [-0.15, -0.1) is 0 Å². The first-order chi connectivity index (χ1) is 7.27. The third-order valence-corrected chi connectivity index (χ3v) is 2.56. The van der Waals surface area contributed by atoms with E-state index in [1.165, 1.54) is 4.90 Å².